The van der Waals surface area contributed by atoms with Crippen LogP contribution in [0, 0.1) is 5.92 Å². The quantitative estimate of drug-likeness (QED) is 0.827. The first-order valence-corrected chi connectivity index (χ1v) is 10.5. The zero-order valence-corrected chi connectivity index (χ0v) is 15.5. The minimum atomic E-state index is -3.17. The number of sulfonamides is 1. The number of piperidine rings is 1. The van der Waals surface area contributed by atoms with Gasteiger partial charge in [0.05, 0.1) is 11.9 Å². The largest absolute Gasteiger partial charge is 0.356 e. The van der Waals surface area contributed by atoms with E-state index in [0.29, 0.717) is 44.7 Å². The van der Waals surface area contributed by atoms with Crippen LogP contribution >= 0.6 is 0 Å². The monoisotopic (exact) mass is 377 g/mol. The van der Waals surface area contributed by atoms with Gasteiger partial charge in [0.15, 0.2) is 5.76 Å². The van der Waals surface area contributed by atoms with Crippen LogP contribution in [0.25, 0.3) is 11.3 Å². The first-order chi connectivity index (χ1) is 12.4. The molecule has 0 spiro atoms. The van der Waals surface area contributed by atoms with Crippen molar-refractivity contribution in [2.24, 2.45) is 5.92 Å². The Morgan fingerprint density at radius 2 is 1.96 bits per heavy atom. The highest BCUT2D eigenvalue weighted by Crippen LogP contribution is 2.20. The van der Waals surface area contributed by atoms with E-state index >= 15 is 0 Å². The number of hydrogen-bond acceptors (Lipinski definition) is 5. The number of aromatic nitrogens is 1. The van der Waals surface area contributed by atoms with Crippen molar-refractivity contribution in [3.8, 4) is 11.3 Å². The molecule has 1 saturated heterocycles. The maximum Gasteiger partial charge on any atom is 0.223 e. The Balaban J connectivity index is 1.44. The van der Waals surface area contributed by atoms with E-state index in [1.807, 2.05) is 36.4 Å². The fourth-order valence-corrected chi connectivity index (χ4v) is 3.95. The molecular weight excluding hydrogens is 354 g/mol. The van der Waals surface area contributed by atoms with E-state index in [0.717, 1.165) is 11.3 Å². The zero-order valence-electron chi connectivity index (χ0n) is 14.7. The number of carbonyl (C=O) groups is 1. The predicted molar refractivity (Wildman–Crippen MR) is 97.8 cm³/mol. The summed E-state index contributed by atoms with van der Waals surface area (Å²) < 4.78 is 29.8. The summed E-state index contributed by atoms with van der Waals surface area (Å²) in [4.78, 5) is 12.2. The second kappa shape index (κ2) is 8.01. The third-order valence-corrected chi connectivity index (χ3v) is 5.89. The second-order valence-corrected chi connectivity index (χ2v) is 8.51. The molecule has 1 aliphatic rings. The van der Waals surface area contributed by atoms with Crippen molar-refractivity contribution in [1.29, 1.82) is 0 Å². The van der Waals surface area contributed by atoms with Crippen molar-refractivity contribution >= 4 is 15.9 Å². The van der Waals surface area contributed by atoms with Gasteiger partial charge in [-0.1, -0.05) is 35.5 Å². The van der Waals surface area contributed by atoms with Crippen LogP contribution in [-0.4, -0.2) is 49.7 Å². The van der Waals surface area contributed by atoms with Crippen molar-refractivity contribution in [3.63, 3.8) is 0 Å². The Kier molecular flexibility index (Phi) is 5.73. The van der Waals surface area contributed by atoms with E-state index in [-0.39, 0.29) is 11.8 Å². The molecule has 1 aliphatic heterocycles. The molecule has 7 nitrogen and oxygen atoms in total. The highest BCUT2D eigenvalue weighted by Gasteiger charge is 2.28. The molecule has 8 heteroatoms. The molecule has 0 radical (unpaired) electrons. The maximum atomic E-state index is 12.2. The summed E-state index contributed by atoms with van der Waals surface area (Å²) in [6.45, 7) is 1.28. The first-order valence-electron chi connectivity index (χ1n) is 8.67. The molecule has 1 N–H and O–H groups in total. The zero-order chi connectivity index (χ0) is 18.6. The standard InChI is InChI=1S/C18H23N3O4S/c1-26(23,24)21-11-8-15(9-12-21)18(22)19-10-7-16-13-17(25-20-16)14-5-3-2-4-6-14/h2-6,13,15H,7-12H2,1H3,(H,19,22). The van der Waals surface area contributed by atoms with Crippen molar-refractivity contribution in [2.75, 3.05) is 25.9 Å². The lowest BCUT2D eigenvalue weighted by atomic mass is 9.97. The molecule has 1 aromatic carbocycles. The van der Waals surface area contributed by atoms with Gasteiger partial charge < -0.3 is 9.84 Å². The lowest BCUT2D eigenvalue weighted by Gasteiger charge is -2.29. The van der Waals surface area contributed by atoms with Crippen LogP contribution in [0.3, 0.4) is 0 Å². The number of amides is 1. The summed E-state index contributed by atoms with van der Waals surface area (Å²) in [6, 6.07) is 11.6. The molecule has 1 fully saturated rings. The Bertz CT molecular complexity index is 840. The molecule has 0 aliphatic carbocycles. The van der Waals surface area contributed by atoms with Gasteiger partial charge in [-0.15, -0.1) is 0 Å². The molecule has 0 saturated carbocycles. The molecular formula is C18H23N3O4S. The Labute approximate surface area is 153 Å². The van der Waals surface area contributed by atoms with Crippen LogP contribution in [-0.2, 0) is 21.2 Å². The van der Waals surface area contributed by atoms with E-state index in [4.69, 9.17) is 4.52 Å². The first kappa shape index (κ1) is 18.6. The van der Waals surface area contributed by atoms with Gasteiger partial charge >= 0.3 is 0 Å². The number of carbonyl (C=O) groups excluding carboxylic acids is 1. The van der Waals surface area contributed by atoms with Crippen LogP contribution in [0.2, 0.25) is 0 Å². The minimum Gasteiger partial charge on any atom is -0.356 e. The summed E-state index contributed by atoms with van der Waals surface area (Å²) >= 11 is 0. The topological polar surface area (TPSA) is 92.5 Å². The molecule has 1 aromatic heterocycles. The summed E-state index contributed by atoms with van der Waals surface area (Å²) in [5.41, 5.74) is 1.75. The smallest absolute Gasteiger partial charge is 0.223 e. The average molecular weight is 377 g/mol. The normalized spacial score (nSPS) is 16.5. The highest BCUT2D eigenvalue weighted by atomic mass is 32.2. The lowest BCUT2D eigenvalue weighted by Crippen LogP contribution is -2.42. The molecule has 1 amide bonds. The van der Waals surface area contributed by atoms with Crippen LogP contribution in [0.5, 0.6) is 0 Å². The van der Waals surface area contributed by atoms with E-state index in [2.05, 4.69) is 10.5 Å². The van der Waals surface area contributed by atoms with Crippen molar-refractivity contribution in [3.05, 3.63) is 42.1 Å². The van der Waals surface area contributed by atoms with Gasteiger partial charge in [-0.3, -0.25) is 4.79 Å². The molecule has 0 atom stereocenters. The number of benzene rings is 1. The third kappa shape index (κ3) is 4.70. The van der Waals surface area contributed by atoms with Crippen LogP contribution in [0.1, 0.15) is 18.5 Å². The molecule has 0 bridgehead atoms. The van der Waals surface area contributed by atoms with Crippen molar-refractivity contribution in [2.45, 2.75) is 19.3 Å². The van der Waals surface area contributed by atoms with Gasteiger partial charge in [-0.2, -0.15) is 0 Å². The molecule has 140 valence electrons. The van der Waals surface area contributed by atoms with E-state index in [9.17, 15) is 13.2 Å². The van der Waals surface area contributed by atoms with E-state index in [1.54, 1.807) is 0 Å². The van der Waals surface area contributed by atoms with Crippen molar-refractivity contribution in [1.82, 2.24) is 14.8 Å². The fraction of sp³-hybridized carbons (Fsp3) is 0.444. The molecule has 2 aromatic rings. The lowest BCUT2D eigenvalue weighted by molar-refractivity contribution is -0.126. The third-order valence-electron chi connectivity index (χ3n) is 4.59. The summed E-state index contributed by atoms with van der Waals surface area (Å²) in [5.74, 6) is 0.551. The fourth-order valence-electron chi connectivity index (χ4n) is 3.08. The maximum absolute atomic E-state index is 12.2. The summed E-state index contributed by atoms with van der Waals surface area (Å²) in [7, 11) is -3.17. The van der Waals surface area contributed by atoms with Gasteiger partial charge in [0.2, 0.25) is 15.9 Å². The Morgan fingerprint density at radius 1 is 1.27 bits per heavy atom. The number of rotatable bonds is 6. The Morgan fingerprint density at radius 3 is 2.62 bits per heavy atom. The molecule has 3 rings (SSSR count). The minimum absolute atomic E-state index is 0.0232. The number of nitrogens with one attached hydrogen (secondary N) is 1. The highest BCUT2D eigenvalue weighted by molar-refractivity contribution is 7.88. The van der Waals surface area contributed by atoms with Crippen LogP contribution in [0.15, 0.2) is 40.9 Å². The van der Waals surface area contributed by atoms with Crippen LogP contribution < -0.4 is 5.32 Å². The number of hydrogen-bond donors (Lipinski definition) is 1. The Hall–Kier alpha value is -2.19. The molecule has 2 heterocycles. The number of nitrogens with zero attached hydrogens (tertiary/aromatic N) is 2. The van der Waals surface area contributed by atoms with Gasteiger partial charge in [0.1, 0.15) is 0 Å². The predicted octanol–water partition coefficient (Wildman–Crippen LogP) is 1.67. The van der Waals surface area contributed by atoms with E-state index < -0.39 is 10.0 Å². The van der Waals surface area contributed by atoms with Gasteiger partial charge in [0, 0.05) is 43.6 Å². The van der Waals surface area contributed by atoms with Crippen LogP contribution in [0.4, 0.5) is 0 Å². The van der Waals surface area contributed by atoms with Gasteiger partial charge in [-0.05, 0) is 12.8 Å². The van der Waals surface area contributed by atoms with Gasteiger partial charge in [0.25, 0.3) is 0 Å². The van der Waals surface area contributed by atoms with Crippen molar-refractivity contribution < 1.29 is 17.7 Å². The summed E-state index contributed by atoms with van der Waals surface area (Å²) in [5, 5.41) is 6.95. The average Bonchev–Trinajstić information content (AvgIpc) is 3.11. The molecule has 26 heavy (non-hydrogen) atoms. The van der Waals surface area contributed by atoms with Gasteiger partial charge in [-0.25, -0.2) is 12.7 Å². The SMILES string of the molecule is CS(=O)(=O)N1CCC(C(=O)NCCc2cc(-c3ccccc3)on2)CC1. The molecule has 0 unspecified atom stereocenters. The second-order valence-electron chi connectivity index (χ2n) is 6.53. The van der Waals surface area contributed by atoms with E-state index in [1.165, 1.54) is 10.6 Å². The summed E-state index contributed by atoms with van der Waals surface area (Å²) in [6.07, 6.45) is 2.90.